The lowest BCUT2D eigenvalue weighted by atomic mass is 10.2. The summed E-state index contributed by atoms with van der Waals surface area (Å²) >= 11 is 0. The van der Waals surface area contributed by atoms with Crippen molar-refractivity contribution in [2.45, 2.75) is 12.5 Å². The minimum absolute atomic E-state index is 0.0285. The van der Waals surface area contributed by atoms with Crippen molar-refractivity contribution < 1.29 is 14.7 Å². The fourth-order valence-corrected chi connectivity index (χ4v) is 1.47. The maximum atomic E-state index is 12.0. The Balaban J connectivity index is 4.37. The third-order valence-electron chi connectivity index (χ3n) is 2.64. The molecule has 0 fully saturated rings. The zero-order valence-electron chi connectivity index (χ0n) is 11.3. The second-order valence-corrected chi connectivity index (χ2v) is 3.97. The Morgan fingerprint density at radius 2 is 1.61 bits per heavy atom. The molecule has 0 aliphatic rings. The molecule has 0 spiro atoms. The van der Waals surface area contributed by atoms with Crippen molar-refractivity contribution >= 4 is 11.9 Å². The van der Waals surface area contributed by atoms with Crippen LogP contribution in [0.25, 0.3) is 0 Å². The van der Waals surface area contributed by atoms with Crippen LogP contribution in [0.15, 0.2) is 0 Å². The van der Waals surface area contributed by atoms with Crippen LogP contribution in [-0.2, 0) is 9.59 Å². The molecular formula is C11H24N4O3. The molecular weight excluding hydrogens is 236 g/mol. The Bertz CT molecular complexity index is 253. The van der Waals surface area contributed by atoms with Gasteiger partial charge in [0.05, 0.1) is 6.42 Å². The van der Waals surface area contributed by atoms with Crippen LogP contribution in [0.3, 0.4) is 0 Å². The molecule has 4 N–H and O–H groups in total. The lowest BCUT2D eigenvalue weighted by molar-refractivity contribution is -0.143. The number of hydrogen-bond donors (Lipinski definition) is 4. The van der Waals surface area contributed by atoms with Gasteiger partial charge >= 0.3 is 5.97 Å². The molecule has 0 bridgehead atoms. The van der Waals surface area contributed by atoms with Crippen LogP contribution in [0.1, 0.15) is 6.42 Å². The van der Waals surface area contributed by atoms with Crippen LogP contribution in [0.5, 0.6) is 0 Å². The van der Waals surface area contributed by atoms with E-state index in [4.69, 9.17) is 5.11 Å². The number of rotatable bonds is 10. The van der Waals surface area contributed by atoms with Gasteiger partial charge in [-0.05, 0) is 21.1 Å². The number of nitrogens with zero attached hydrogens (tertiary/aromatic N) is 1. The highest BCUT2D eigenvalue weighted by molar-refractivity contribution is 5.84. The minimum Gasteiger partial charge on any atom is -0.480 e. The van der Waals surface area contributed by atoms with Crippen molar-refractivity contribution in [2.24, 2.45) is 0 Å². The molecule has 0 heterocycles. The van der Waals surface area contributed by atoms with Gasteiger partial charge in [-0.25, -0.2) is 0 Å². The minimum atomic E-state index is -1.01. The number of carboxylic acids is 1. The number of carboxylic acid groups (broad SMARTS) is 1. The predicted octanol–water partition coefficient (Wildman–Crippen LogP) is -1.68. The first kappa shape index (κ1) is 16.8. The second-order valence-electron chi connectivity index (χ2n) is 3.97. The van der Waals surface area contributed by atoms with Crippen LogP contribution >= 0.6 is 0 Å². The summed E-state index contributed by atoms with van der Waals surface area (Å²) in [7, 11) is 5.17. The largest absolute Gasteiger partial charge is 0.480 e. The number of carbonyl (C=O) groups excluding carboxylic acids is 1. The zero-order chi connectivity index (χ0) is 14.0. The van der Waals surface area contributed by atoms with Crippen LogP contribution in [0.2, 0.25) is 0 Å². The third kappa shape index (κ3) is 6.53. The van der Waals surface area contributed by atoms with E-state index in [2.05, 4.69) is 16.0 Å². The van der Waals surface area contributed by atoms with E-state index in [0.717, 1.165) is 0 Å². The van der Waals surface area contributed by atoms with E-state index in [-0.39, 0.29) is 12.3 Å². The molecule has 0 aliphatic heterocycles. The van der Waals surface area contributed by atoms with Crippen LogP contribution in [0.4, 0.5) is 0 Å². The zero-order valence-corrected chi connectivity index (χ0v) is 11.3. The summed E-state index contributed by atoms with van der Waals surface area (Å²) in [6.45, 7) is 2.53. The van der Waals surface area contributed by atoms with E-state index >= 15 is 0 Å². The predicted molar refractivity (Wildman–Crippen MR) is 69.5 cm³/mol. The molecule has 0 aromatic rings. The molecule has 1 amide bonds. The second kappa shape index (κ2) is 9.81. The first-order valence-electron chi connectivity index (χ1n) is 6.03. The smallest absolute Gasteiger partial charge is 0.321 e. The van der Waals surface area contributed by atoms with Gasteiger partial charge in [0.2, 0.25) is 5.91 Å². The van der Waals surface area contributed by atoms with E-state index in [0.29, 0.717) is 26.2 Å². The Kier molecular flexibility index (Phi) is 9.17. The highest BCUT2D eigenvalue weighted by Crippen LogP contribution is 1.99. The van der Waals surface area contributed by atoms with Gasteiger partial charge in [-0.15, -0.1) is 0 Å². The molecule has 0 saturated heterocycles. The average molecular weight is 260 g/mol. The van der Waals surface area contributed by atoms with Gasteiger partial charge in [-0.1, -0.05) is 0 Å². The Hall–Kier alpha value is -1.18. The Morgan fingerprint density at radius 3 is 1.94 bits per heavy atom. The molecule has 0 radical (unpaired) electrons. The molecule has 0 unspecified atom stereocenters. The van der Waals surface area contributed by atoms with Crippen LogP contribution in [0, 0.1) is 0 Å². The maximum absolute atomic E-state index is 12.0. The molecule has 7 nitrogen and oxygen atoms in total. The molecule has 1 atom stereocenters. The monoisotopic (exact) mass is 260 g/mol. The van der Waals surface area contributed by atoms with Crippen molar-refractivity contribution in [3.8, 4) is 0 Å². The standard InChI is InChI=1S/C11H24N4O3/c1-12-4-6-15(7-5-13-2)10(16)8-9(14-3)11(17)18/h9,12-14H,4-8H2,1-3H3,(H,17,18)/t9-/m0/s1. The van der Waals surface area contributed by atoms with E-state index in [9.17, 15) is 9.59 Å². The van der Waals surface area contributed by atoms with Gasteiger partial charge < -0.3 is 26.0 Å². The van der Waals surface area contributed by atoms with E-state index in [1.54, 1.807) is 4.90 Å². The van der Waals surface area contributed by atoms with Crippen molar-refractivity contribution in [1.82, 2.24) is 20.9 Å². The number of likely N-dealkylation sites (N-methyl/N-ethyl adjacent to an activating group) is 3. The maximum Gasteiger partial charge on any atom is 0.321 e. The van der Waals surface area contributed by atoms with Crippen LogP contribution < -0.4 is 16.0 Å². The van der Waals surface area contributed by atoms with Gasteiger partial charge in [0, 0.05) is 26.2 Å². The van der Waals surface area contributed by atoms with E-state index in [1.807, 2.05) is 14.1 Å². The van der Waals surface area contributed by atoms with Crippen molar-refractivity contribution in [3.05, 3.63) is 0 Å². The van der Waals surface area contributed by atoms with E-state index in [1.165, 1.54) is 7.05 Å². The van der Waals surface area contributed by atoms with Crippen molar-refractivity contribution in [1.29, 1.82) is 0 Å². The molecule has 106 valence electrons. The molecule has 0 saturated carbocycles. The van der Waals surface area contributed by atoms with Gasteiger partial charge in [0.15, 0.2) is 0 Å². The molecule has 0 aromatic heterocycles. The van der Waals surface area contributed by atoms with Crippen LogP contribution in [-0.4, -0.2) is 75.2 Å². The lowest BCUT2D eigenvalue weighted by Gasteiger charge is -2.24. The summed E-state index contributed by atoms with van der Waals surface area (Å²) in [5.74, 6) is -1.16. The Labute approximate surface area is 108 Å². The number of hydrogen-bond acceptors (Lipinski definition) is 5. The molecule has 7 heteroatoms. The number of nitrogens with one attached hydrogen (secondary N) is 3. The number of amides is 1. The molecule has 18 heavy (non-hydrogen) atoms. The summed E-state index contributed by atoms with van der Waals surface area (Å²) in [6.07, 6.45) is -0.0285. The molecule has 0 aliphatic carbocycles. The highest BCUT2D eigenvalue weighted by Gasteiger charge is 2.22. The summed E-state index contributed by atoms with van der Waals surface area (Å²) in [4.78, 5) is 24.5. The summed E-state index contributed by atoms with van der Waals surface area (Å²) in [5.41, 5.74) is 0. The summed E-state index contributed by atoms with van der Waals surface area (Å²) in [6, 6.07) is -0.829. The fourth-order valence-electron chi connectivity index (χ4n) is 1.47. The lowest BCUT2D eigenvalue weighted by Crippen LogP contribution is -2.44. The highest BCUT2D eigenvalue weighted by atomic mass is 16.4. The first-order valence-corrected chi connectivity index (χ1v) is 6.03. The number of aliphatic carboxylic acids is 1. The first-order chi connectivity index (χ1) is 8.56. The SMILES string of the molecule is CNCCN(CCNC)C(=O)C[C@H](NC)C(=O)O. The summed E-state index contributed by atoms with van der Waals surface area (Å²) in [5, 5.41) is 17.5. The third-order valence-corrected chi connectivity index (χ3v) is 2.64. The van der Waals surface area contributed by atoms with Gasteiger partial charge in [-0.2, -0.15) is 0 Å². The van der Waals surface area contributed by atoms with Gasteiger partial charge in [0.1, 0.15) is 6.04 Å². The van der Waals surface area contributed by atoms with Crippen molar-refractivity contribution in [2.75, 3.05) is 47.3 Å². The van der Waals surface area contributed by atoms with Gasteiger partial charge in [0.25, 0.3) is 0 Å². The van der Waals surface area contributed by atoms with Gasteiger partial charge in [-0.3, -0.25) is 9.59 Å². The van der Waals surface area contributed by atoms with E-state index < -0.39 is 12.0 Å². The van der Waals surface area contributed by atoms with Crippen molar-refractivity contribution in [3.63, 3.8) is 0 Å². The number of carbonyl (C=O) groups is 2. The normalized spacial score (nSPS) is 12.2. The molecule has 0 aromatic carbocycles. The average Bonchev–Trinajstić information content (AvgIpc) is 2.35. The quantitative estimate of drug-likeness (QED) is 0.375. The topological polar surface area (TPSA) is 93.7 Å². The Morgan fingerprint density at radius 1 is 1.11 bits per heavy atom. The summed E-state index contributed by atoms with van der Waals surface area (Å²) < 4.78 is 0. The molecule has 0 rings (SSSR count). The fraction of sp³-hybridized carbons (Fsp3) is 0.818.